The molecule has 1 aromatic heterocycles. The molecule has 0 unspecified atom stereocenters. The number of anilines is 1. The van der Waals surface area contributed by atoms with Crippen molar-refractivity contribution in [1.82, 2.24) is 15.6 Å². The number of fused-ring (bicyclic) bond motifs is 4. The molecule has 0 spiro atoms. The molecule has 0 radical (unpaired) electrons. The molecule has 5 rings (SSSR count). The van der Waals surface area contributed by atoms with Crippen LogP contribution in [0.25, 0.3) is 0 Å². The zero-order valence-corrected chi connectivity index (χ0v) is 21.0. The van der Waals surface area contributed by atoms with E-state index in [0.717, 1.165) is 29.7 Å². The third-order valence-corrected chi connectivity index (χ3v) is 7.27. The van der Waals surface area contributed by atoms with E-state index in [2.05, 4.69) is 27.9 Å². The minimum Gasteiger partial charge on any atom is -0.487 e. The number of benzene rings is 1. The Balaban J connectivity index is 1.08. The molecule has 192 valence electrons. The molecule has 1 saturated carbocycles. The highest BCUT2D eigenvalue weighted by atomic mass is 16.5. The van der Waals surface area contributed by atoms with Crippen LogP contribution in [-0.4, -0.2) is 35.6 Å². The lowest BCUT2D eigenvalue weighted by Gasteiger charge is -2.19. The SMILES string of the molecule is CCCCCCCCCCNC(=O)N[C@@H]1[C@H]2Oc3ccc(Oc4ccnc5c4CCC(=O)N5)cc3[C@@H]12. The minimum absolute atomic E-state index is 0.0183. The summed E-state index contributed by atoms with van der Waals surface area (Å²) in [5, 5.41) is 8.86. The molecule has 0 saturated heterocycles. The maximum absolute atomic E-state index is 12.4. The van der Waals surface area contributed by atoms with Crippen LogP contribution >= 0.6 is 0 Å². The van der Waals surface area contributed by atoms with E-state index < -0.39 is 0 Å². The molecule has 3 amide bonds. The molecule has 2 aromatic rings. The molecule has 8 nitrogen and oxygen atoms in total. The van der Waals surface area contributed by atoms with Gasteiger partial charge in [0.25, 0.3) is 0 Å². The first kappa shape index (κ1) is 24.4. The van der Waals surface area contributed by atoms with Crippen LogP contribution in [0.15, 0.2) is 30.5 Å². The summed E-state index contributed by atoms with van der Waals surface area (Å²) >= 11 is 0. The number of carbonyl (C=O) groups excluding carboxylic acids is 2. The van der Waals surface area contributed by atoms with Crippen LogP contribution in [0.4, 0.5) is 10.6 Å². The van der Waals surface area contributed by atoms with Crippen LogP contribution in [0.3, 0.4) is 0 Å². The summed E-state index contributed by atoms with van der Waals surface area (Å²) in [5.41, 5.74) is 1.97. The second-order valence-corrected chi connectivity index (χ2v) is 10.00. The van der Waals surface area contributed by atoms with Gasteiger partial charge in [-0.05, 0) is 37.1 Å². The van der Waals surface area contributed by atoms with Crippen molar-refractivity contribution in [3.63, 3.8) is 0 Å². The van der Waals surface area contributed by atoms with E-state index in [1.165, 1.54) is 38.5 Å². The van der Waals surface area contributed by atoms with Gasteiger partial charge in [0.15, 0.2) is 0 Å². The van der Waals surface area contributed by atoms with Crippen molar-refractivity contribution in [2.45, 2.75) is 89.2 Å². The average Bonchev–Trinajstić information content (AvgIpc) is 3.39. The van der Waals surface area contributed by atoms with Crippen LogP contribution in [0.2, 0.25) is 0 Å². The topological polar surface area (TPSA) is 102 Å². The summed E-state index contributed by atoms with van der Waals surface area (Å²) in [4.78, 5) is 28.3. The highest BCUT2D eigenvalue weighted by molar-refractivity contribution is 5.93. The lowest BCUT2D eigenvalue weighted by atomic mass is 10.1. The molecule has 2 aliphatic heterocycles. The van der Waals surface area contributed by atoms with E-state index in [1.807, 2.05) is 24.3 Å². The summed E-state index contributed by atoms with van der Waals surface area (Å²) in [6.45, 7) is 2.94. The monoisotopic (exact) mass is 492 g/mol. The summed E-state index contributed by atoms with van der Waals surface area (Å²) in [6.07, 6.45) is 12.6. The molecule has 1 aliphatic carbocycles. The molecule has 8 heteroatoms. The first-order valence-electron chi connectivity index (χ1n) is 13.4. The maximum atomic E-state index is 12.4. The number of pyridine rings is 1. The normalized spacial score (nSPS) is 20.9. The number of hydrogen-bond donors (Lipinski definition) is 3. The van der Waals surface area contributed by atoms with Crippen molar-refractivity contribution >= 4 is 17.8 Å². The molecular formula is C28H36N4O4. The molecule has 1 aromatic carbocycles. The lowest BCUT2D eigenvalue weighted by molar-refractivity contribution is -0.116. The second-order valence-electron chi connectivity index (χ2n) is 10.00. The Kier molecular flexibility index (Phi) is 7.58. The Bertz CT molecular complexity index is 1100. The lowest BCUT2D eigenvalue weighted by Crippen LogP contribution is -2.39. The van der Waals surface area contributed by atoms with Crippen molar-refractivity contribution < 1.29 is 19.1 Å². The van der Waals surface area contributed by atoms with E-state index in [-0.39, 0.29) is 30.0 Å². The molecule has 3 N–H and O–H groups in total. The Morgan fingerprint density at radius 2 is 1.92 bits per heavy atom. The Morgan fingerprint density at radius 3 is 2.75 bits per heavy atom. The van der Waals surface area contributed by atoms with Gasteiger partial charge in [-0.2, -0.15) is 0 Å². The predicted octanol–water partition coefficient (Wildman–Crippen LogP) is 5.43. The van der Waals surface area contributed by atoms with Crippen molar-refractivity contribution in [1.29, 1.82) is 0 Å². The van der Waals surface area contributed by atoms with Crippen LogP contribution in [0.1, 0.15) is 81.8 Å². The molecule has 0 bridgehead atoms. The van der Waals surface area contributed by atoms with E-state index in [0.29, 0.717) is 36.7 Å². The molecule has 3 atom stereocenters. The van der Waals surface area contributed by atoms with E-state index in [1.54, 1.807) is 6.20 Å². The molecule has 36 heavy (non-hydrogen) atoms. The van der Waals surface area contributed by atoms with Gasteiger partial charge >= 0.3 is 6.03 Å². The summed E-state index contributed by atoms with van der Waals surface area (Å²) in [5.74, 6) is 2.93. The second kappa shape index (κ2) is 11.2. The zero-order valence-electron chi connectivity index (χ0n) is 21.0. The van der Waals surface area contributed by atoms with Gasteiger partial charge < -0.3 is 25.4 Å². The number of rotatable bonds is 12. The largest absolute Gasteiger partial charge is 0.487 e. The molecule has 3 heterocycles. The summed E-state index contributed by atoms with van der Waals surface area (Å²) in [6, 6.07) is 7.48. The number of unbranched alkanes of at least 4 members (excludes halogenated alkanes) is 7. The number of nitrogens with zero attached hydrogens (tertiary/aromatic N) is 1. The van der Waals surface area contributed by atoms with Gasteiger partial charge in [0.2, 0.25) is 5.91 Å². The highest BCUT2D eigenvalue weighted by Crippen LogP contribution is 2.54. The third-order valence-electron chi connectivity index (χ3n) is 7.27. The fourth-order valence-corrected chi connectivity index (χ4v) is 5.22. The van der Waals surface area contributed by atoms with Crippen LogP contribution in [-0.2, 0) is 11.2 Å². The highest BCUT2D eigenvalue weighted by Gasteiger charge is 2.59. The fraction of sp³-hybridized carbons (Fsp3) is 0.536. The molecule has 3 aliphatic rings. The number of hydrogen-bond acceptors (Lipinski definition) is 5. The number of carbonyl (C=O) groups is 2. The number of amides is 3. The third kappa shape index (κ3) is 5.58. The average molecular weight is 493 g/mol. The van der Waals surface area contributed by atoms with Crippen LogP contribution in [0, 0.1) is 0 Å². The van der Waals surface area contributed by atoms with E-state index in [4.69, 9.17) is 9.47 Å². The first-order valence-corrected chi connectivity index (χ1v) is 13.4. The Labute approximate surface area is 212 Å². The molecular weight excluding hydrogens is 456 g/mol. The van der Waals surface area contributed by atoms with Crippen LogP contribution in [0.5, 0.6) is 17.2 Å². The van der Waals surface area contributed by atoms with E-state index in [9.17, 15) is 9.59 Å². The Morgan fingerprint density at radius 1 is 1.11 bits per heavy atom. The number of ether oxygens (including phenoxy) is 2. The van der Waals surface area contributed by atoms with Gasteiger partial charge in [-0.25, -0.2) is 9.78 Å². The maximum Gasteiger partial charge on any atom is 0.315 e. The van der Waals surface area contributed by atoms with Crippen molar-refractivity contribution in [2.75, 3.05) is 11.9 Å². The summed E-state index contributed by atoms with van der Waals surface area (Å²) < 4.78 is 12.2. The van der Waals surface area contributed by atoms with Gasteiger partial charge in [-0.1, -0.05) is 51.9 Å². The zero-order chi connectivity index (χ0) is 24.9. The van der Waals surface area contributed by atoms with Crippen LogP contribution < -0.4 is 25.4 Å². The van der Waals surface area contributed by atoms with E-state index >= 15 is 0 Å². The number of nitrogens with one attached hydrogen (secondary N) is 3. The first-order chi connectivity index (χ1) is 17.6. The van der Waals surface area contributed by atoms with Crippen molar-refractivity contribution in [3.8, 4) is 17.2 Å². The number of urea groups is 1. The smallest absolute Gasteiger partial charge is 0.315 e. The van der Waals surface area contributed by atoms with Gasteiger partial charge in [-0.15, -0.1) is 0 Å². The number of aromatic nitrogens is 1. The van der Waals surface area contributed by atoms with Gasteiger partial charge in [0, 0.05) is 30.3 Å². The van der Waals surface area contributed by atoms with Crippen molar-refractivity contribution in [2.24, 2.45) is 0 Å². The van der Waals surface area contributed by atoms with Gasteiger partial charge in [-0.3, -0.25) is 4.79 Å². The quantitative estimate of drug-likeness (QED) is 0.343. The molecule has 1 fully saturated rings. The van der Waals surface area contributed by atoms with Gasteiger partial charge in [0.05, 0.1) is 12.0 Å². The minimum atomic E-state index is -0.125. The standard InChI is InChI=1S/C28H36N4O4/c1-2-3-4-5-6-7-8-9-15-30-28(34)32-25-24-20-17-18(10-12-21(20)36-26(24)25)35-22-14-16-29-27-19(22)11-13-23(33)31-27/h10,12,14,16-17,24-26H,2-9,11,13,15H2,1H3,(H,29,31,33)(H2,30,32,34)/t24-,25-,26-/m0/s1. The Hall–Kier alpha value is -3.29. The van der Waals surface area contributed by atoms with Crippen molar-refractivity contribution in [3.05, 3.63) is 41.6 Å². The van der Waals surface area contributed by atoms with Gasteiger partial charge in [0.1, 0.15) is 29.2 Å². The fourth-order valence-electron chi connectivity index (χ4n) is 5.22. The predicted molar refractivity (Wildman–Crippen MR) is 138 cm³/mol. The summed E-state index contributed by atoms with van der Waals surface area (Å²) in [7, 11) is 0.